The first kappa shape index (κ1) is 25.2. The Bertz CT molecular complexity index is 1280. The average Bonchev–Trinajstić information content (AvgIpc) is 2.90. The first-order valence-corrected chi connectivity index (χ1v) is 13.1. The van der Waals surface area contributed by atoms with Crippen LogP contribution in [0.4, 0.5) is 0 Å². The lowest BCUT2D eigenvalue weighted by molar-refractivity contribution is 0.0342. The molecule has 2 aliphatic rings. The van der Waals surface area contributed by atoms with Crippen molar-refractivity contribution in [3.63, 3.8) is 0 Å². The number of aromatic hydroxyl groups is 1. The molecule has 3 aromatic rings. The van der Waals surface area contributed by atoms with Crippen LogP contribution in [0.2, 0.25) is 0 Å². The van der Waals surface area contributed by atoms with Crippen LogP contribution in [-0.2, 0) is 17.7 Å². The number of hydrogen-bond acceptors (Lipinski definition) is 6. The third kappa shape index (κ3) is 6.86. The summed E-state index contributed by atoms with van der Waals surface area (Å²) in [6, 6.07) is 17.3. The maximum atomic E-state index is 11.8. The van der Waals surface area contributed by atoms with Crippen molar-refractivity contribution in [1.82, 2.24) is 20.2 Å². The second-order valence-corrected chi connectivity index (χ2v) is 9.92. The molecule has 2 heterocycles. The van der Waals surface area contributed by atoms with Gasteiger partial charge in [0.25, 0.3) is 5.56 Å². The molecule has 37 heavy (non-hydrogen) atoms. The summed E-state index contributed by atoms with van der Waals surface area (Å²) in [4.78, 5) is 20.9. The van der Waals surface area contributed by atoms with E-state index in [4.69, 9.17) is 4.74 Å². The Morgan fingerprint density at radius 2 is 1.73 bits per heavy atom. The van der Waals surface area contributed by atoms with E-state index in [1.807, 2.05) is 12.1 Å². The highest BCUT2D eigenvalue weighted by Gasteiger charge is 2.21. The molecule has 0 bridgehead atoms. The number of rotatable bonds is 8. The summed E-state index contributed by atoms with van der Waals surface area (Å²) in [5.41, 5.74) is 4.28. The zero-order valence-corrected chi connectivity index (χ0v) is 21.1. The average molecular weight is 499 g/mol. The molecule has 1 aliphatic carbocycles. The fraction of sp³-hybridized carbons (Fsp3) is 0.400. The monoisotopic (exact) mass is 498 g/mol. The predicted molar refractivity (Wildman–Crippen MR) is 144 cm³/mol. The van der Waals surface area contributed by atoms with Crippen molar-refractivity contribution in [3.8, 4) is 17.6 Å². The molecule has 1 aromatic heterocycles. The van der Waals surface area contributed by atoms with Gasteiger partial charge >= 0.3 is 0 Å². The van der Waals surface area contributed by atoms with Gasteiger partial charge in [-0.1, -0.05) is 42.5 Å². The van der Waals surface area contributed by atoms with Crippen LogP contribution in [0.5, 0.6) is 5.75 Å². The molecule has 7 heteroatoms. The van der Waals surface area contributed by atoms with Crippen molar-refractivity contribution in [2.75, 3.05) is 32.8 Å². The Hall–Kier alpha value is -3.44. The third-order valence-corrected chi connectivity index (χ3v) is 7.30. The fourth-order valence-electron chi connectivity index (χ4n) is 4.74. The summed E-state index contributed by atoms with van der Waals surface area (Å²) in [6.45, 7) is 5.30. The Balaban J connectivity index is 1.24. The zero-order chi connectivity index (χ0) is 25.5. The van der Waals surface area contributed by atoms with Gasteiger partial charge in [0.1, 0.15) is 0 Å². The van der Waals surface area contributed by atoms with Gasteiger partial charge in [0, 0.05) is 55.7 Å². The third-order valence-electron chi connectivity index (χ3n) is 7.30. The van der Waals surface area contributed by atoms with Crippen molar-refractivity contribution in [3.05, 3.63) is 93.2 Å². The van der Waals surface area contributed by atoms with Crippen LogP contribution in [0.15, 0.2) is 59.7 Å². The summed E-state index contributed by atoms with van der Waals surface area (Å²) in [6.07, 6.45) is 5.50. The van der Waals surface area contributed by atoms with E-state index in [0.29, 0.717) is 18.2 Å². The normalized spacial score (nSPS) is 17.0. The highest BCUT2D eigenvalue weighted by Crippen LogP contribution is 2.25. The van der Waals surface area contributed by atoms with Gasteiger partial charge < -0.3 is 20.1 Å². The van der Waals surface area contributed by atoms with Crippen molar-refractivity contribution >= 4 is 0 Å². The molecule has 1 saturated carbocycles. The summed E-state index contributed by atoms with van der Waals surface area (Å²) in [5, 5.41) is 13.8. The second-order valence-electron chi connectivity index (χ2n) is 9.92. The topological polar surface area (TPSA) is 90.5 Å². The number of nitrogens with zero attached hydrogens (tertiary/aromatic N) is 2. The molecule has 2 fully saturated rings. The maximum Gasteiger partial charge on any atom is 0.293 e. The van der Waals surface area contributed by atoms with E-state index in [-0.39, 0.29) is 11.7 Å². The van der Waals surface area contributed by atoms with E-state index in [2.05, 4.69) is 68.4 Å². The Kier molecular flexibility index (Phi) is 8.32. The molecule has 2 aromatic carbocycles. The number of H-pyrrole nitrogens is 1. The van der Waals surface area contributed by atoms with Crippen LogP contribution in [0.1, 0.15) is 53.1 Å². The lowest BCUT2D eigenvalue weighted by atomic mass is 9.89. The van der Waals surface area contributed by atoms with E-state index >= 15 is 0 Å². The number of aromatic amines is 1. The van der Waals surface area contributed by atoms with Crippen LogP contribution < -0.4 is 10.9 Å². The maximum absolute atomic E-state index is 11.8. The number of morpholine rings is 1. The molecular weight excluding hydrogens is 464 g/mol. The molecule has 7 nitrogen and oxygen atoms in total. The summed E-state index contributed by atoms with van der Waals surface area (Å²) in [5.74, 6) is 6.33. The van der Waals surface area contributed by atoms with E-state index in [9.17, 15) is 9.90 Å². The van der Waals surface area contributed by atoms with Crippen molar-refractivity contribution in [1.29, 1.82) is 0 Å². The number of ether oxygens (including phenoxy) is 1. The van der Waals surface area contributed by atoms with Crippen molar-refractivity contribution in [2.24, 2.45) is 0 Å². The first-order chi connectivity index (χ1) is 18.1. The molecule has 0 amide bonds. The van der Waals surface area contributed by atoms with Crippen LogP contribution in [0, 0.1) is 11.8 Å². The lowest BCUT2D eigenvalue weighted by Crippen LogP contribution is -2.38. The molecular formula is C30H34N4O3. The number of aromatic nitrogens is 2. The minimum absolute atomic E-state index is 0.0850. The van der Waals surface area contributed by atoms with Crippen molar-refractivity contribution < 1.29 is 9.84 Å². The highest BCUT2D eigenvalue weighted by atomic mass is 16.5. The Morgan fingerprint density at radius 1 is 1.05 bits per heavy atom. The summed E-state index contributed by atoms with van der Waals surface area (Å²) in [7, 11) is 0. The molecule has 3 N–H and O–H groups in total. The molecule has 1 unspecified atom stereocenters. The molecule has 5 rings (SSSR count). The van der Waals surface area contributed by atoms with E-state index < -0.39 is 5.56 Å². The van der Waals surface area contributed by atoms with Crippen molar-refractivity contribution in [2.45, 2.75) is 44.2 Å². The van der Waals surface area contributed by atoms with Gasteiger partial charge in [0.05, 0.1) is 25.2 Å². The molecule has 192 valence electrons. The Labute approximate surface area is 217 Å². The van der Waals surface area contributed by atoms with Gasteiger partial charge in [0.15, 0.2) is 0 Å². The van der Waals surface area contributed by atoms with Crippen LogP contribution in [-0.4, -0.2) is 58.9 Å². The smallest absolute Gasteiger partial charge is 0.293 e. The van der Waals surface area contributed by atoms with E-state index in [1.54, 1.807) is 0 Å². The van der Waals surface area contributed by atoms with Gasteiger partial charge in [-0.05, 0) is 48.2 Å². The van der Waals surface area contributed by atoms with Crippen LogP contribution >= 0.6 is 0 Å². The number of hydrogen-bond donors (Lipinski definition) is 3. The summed E-state index contributed by atoms with van der Waals surface area (Å²) < 4.78 is 5.43. The van der Waals surface area contributed by atoms with Gasteiger partial charge in [-0.25, -0.2) is 4.98 Å². The largest absolute Gasteiger partial charge is 0.502 e. The number of benzene rings is 2. The highest BCUT2D eigenvalue weighted by molar-refractivity contribution is 5.44. The SMILES string of the molecule is O=c1[nH]cnc(CC(CNC2CCC2)c2ccc(C#Cc3ccc(CN4CCOCC4)cc3)cc2)c1O. The quantitative estimate of drug-likeness (QED) is 0.414. The minimum Gasteiger partial charge on any atom is -0.502 e. The second kappa shape index (κ2) is 12.2. The molecule has 1 saturated heterocycles. The van der Waals surface area contributed by atoms with Crippen LogP contribution in [0.3, 0.4) is 0 Å². The zero-order valence-electron chi connectivity index (χ0n) is 21.1. The standard InChI is InChI=1S/C30H34N4O3/c35-29-28(32-21-33-30(29)36)18-26(19-31-27-2-1-3-27)25-12-10-23(11-13-25)5-4-22-6-8-24(9-7-22)20-34-14-16-37-17-15-34/h6-13,21,26-27,31,35H,1-3,14-20H2,(H,32,33,36). The minimum atomic E-state index is -0.504. The fourth-order valence-corrected chi connectivity index (χ4v) is 4.74. The molecule has 1 aliphatic heterocycles. The van der Waals surface area contributed by atoms with Gasteiger partial charge in [-0.2, -0.15) is 0 Å². The predicted octanol–water partition coefficient (Wildman–Crippen LogP) is 3.18. The van der Waals surface area contributed by atoms with Gasteiger partial charge in [0.2, 0.25) is 5.75 Å². The van der Waals surface area contributed by atoms with E-state index in [0.717, 1.165) is 56.1 Å². The van der Waals surface area contributed by atoms with Gasteiger partial charge in [-0.3, -0.25) is 9.69 Å². The Morgan fingerprint density at radius 3 is 2.38 bits per heavy atom. The van der Waals surface area contributed by atoms with Gasteiger partial charge in [-0.15, -0.1) is 0 Å². The van der Waals surface area contributed by atoms with E-state index in [1.165, 1.54) is 31.2 Å². The van der Waals surface area contributed by atoms with Crippen LogP contribution in [0.25, 0.3) is 0 Å². The number of nitrogens with one attached hydrogen (secondary N) is 2. The molecule has 1 atom stereocenters. The lowest BCUT2D eigenvalue weighted by Gasteiger charge is -2.29. The summed E-state index contributed by atoms with van der Waals surface area (Å²) >= 11 is 0. The molecule has 0 radical (unpaired) electrons. The molecule has 0 spiro atoms. The first-order valence-electron chi connectivity index (χ1n) is 13.1.